The minimum absolute atomic E-state index is 0.117. The van der Waals surface area contributed by atoms with Crippen molar-refractivity contribution in [2.75, 3.05) is 26.5 Å². The number of nitrogens with zero attached hydrogens (tertiary/aromatic N) is 4. The maximum atomic E-state index is 13.2. The molecule has 31 heavy (non-hydrogen) atoms. The zero-order chi connectivity index (χ0) is 20.8. The average Bonchev–Trinajstić information content (AvgIpc) is 3.57. The number of aromatic nitrogens is 5. The van der Waals surface area contributed by atoms with E-state index >= 15 is 0 Å². The SMILES string of the molecule is O=c1[nH]c2cc3c(cc2cc1[C@@H](c1nnnn1C[C@@H]1CCCO1)[NH+]1CCCC1)OCO3. The van der Waals surface area contributed by atoms with Crippen LogP contribution in [-0.2, 0) is 11.3 Å². The lowest BCUT2D eigenvalue weighted by molar-refractivity contribution is -0.914. The maximum Gasteiger partial charge on any atom is 0.258 e. The van der Waals surface area contributed by atoms with Crippen LogP contribution in [0.3, 0.4) is 0 Å². The first-order valence-electron chi connectivity index (χ1n) is 10.9. The largest absolute Gasteiger partial charge is 0.454 e. The summed E-state index contributed by atoms with van der Waals surface area (Å²) in [7, 11) is 0. The molecular weight excluding hydrogens is 400 g/mol. The Labute approximate surface area is 178 Å². The fraction of sp³-hybridized carbons (Fsp3) is 0.524. The van der Waals surface area contributed by atoms with Crippen LogP contribution in [0.25, 0.3) is 10.9 Å². The number of aromatic amines is 1. The molecule has 5 heterocycles. The van der Waals surface area contributed by atoms with Crippen molar-refractivity contribution in [1.82, 2.24) is 25.2 Å². The van der Waals surface area contributed by atoms with Gasteiger partial charge in [-0.15, -0.1) is 5.10 Å². The van der Waals surface area contributed by atoms with Gasteiger partial charge in [-0.2, -0.15) is 0 Å². The molecule has 2 N–H and O–H groups in total. The van der Waals surface area contributed by atoms with Gasteiger partial charge in [0.25, 0.3) is 5.56 Å². The number of fused-ring (bicyclic) bond motifs is 2. The van der Waals surface area contributed by atoms with Crippen LogP contribution >= 0.6 is 0 Å². The van der Waals surface area contributed by atoms with Crippen LogP contribution in [0.2, 0.25) is 0 Å². The highest BCUT2D eigenvalue weighted by molar-refractivity contribution is 5.83. The van der Waals surface area contributed by atoms with E-state index in [1.807, 2.05) is 22.9 Å². The summed E-state index contributed by atoms with van der Waals surface area (Å²) in [5.41, 5.74) is 1.28. The predicted octanol–water partition coefficient (Wildman–Crippen LogP) is 0.190. The average molecular weight is 425 g/mol. The second-order valence-electron chi connectivity index (χ2n) is 8.50. The summed E-state index contributed by atoms with van der Waals surface area (Å²) in [4.78, 5) is 17.6. The van der Waals surface area contributed by atoms with Crippen LogP contribution in [-0.4, -0.2) is 57.8 Å². The van der Waals surface area contributed by atoms with Crippen LogP contribution in [0.5, 0.6) is 11.5 Å². The van der Waals surface area contributed by atoms with Gasteiger partial charge in [-0.1, -0.05) is 0 Å². The zero-order valence-corrected chi connectivity index (χ0v) is 17.2. The van der Waals surface area contributed by atoms with Gasteiger partial charge >= 0.3 is 0 Å². The minimum Gasteiger partial charge on any atom is -0.454 e. The number of benzene rings is 1. The fourth-order valence-corrected chi connectivity index (χ4v) is 5.02. The molecule has 2 fully saturated rings. The lowest BCUT2D eigenvalue weighted by Gasteiger charge is -2.24. The fourth-order valence-electron chi connectivity index (χ4n) is 5.02. The molecule has 2 saturated heterocycles. The molecule has 3 aliphatic heterocycles. The molecule has 10 heteroatoms. The van der Waals surface area contributed by atoms with Crippen LogP contribution in [0.4, 0.5) is 0 Å². The number of nitrogens with one attached hydrogen (secondary N) is 2. The number of ether oxygens (including phenoxy) is 3. The predicted molar refractivity (Wildman–Crippen MR) is 109 cm³/mol. The van der Waals surface area contributed by atoms with Crippen LogP contribution < -0.4 is 19.9 Å². The van der Waals surface area contributed by atoms with Crippen molar-refractivity contribution in [3.8, 4) is 11.5 Å². The lowest BCUT2D eigenvalue weighted by atomic mass is 10.0. The quantitative estimate of drug-likeness (QED) is 0.601. The van der Waals surface area contributed by atoms with Crippen molar-refractivity contribution in [3.63, 3.8) is 0 Å². The molecule has 0 unspecified atom stereocenters. The molecule has 0 bridgehead atoms. The molecule has 1 aromatic carbocycles. The number of hydrogen-bond donors (Lipinski definition) is 2. The van der Waals surface area contributed by atoms with E-state index in [4.69, 9.17) is 14.2 Å². The Morgan fingerprint density at radius 3 is 2.81 bits per heavy atom. The van der Waals surface area contributed by atoms with Crippen LogP contribution in [0.15, 0.2) is 23.0 Å². The summed E-state index contributed by atoms with van der Waals surface area (Å²) in [5.74, 6) is 2.06. The standard InChI is InChI=1S/C21H24N6O4/c28-21-15(8-13-9-17-18(31-12-30-17)10-16(13)22-21)19(26-5-1-2-6-26)20-23-24-25-27(20)11-14-4-3-7-29-14/h8-10,14,19H,1-7,11-12H2,(H,22,28)/p+1/t14-,19-/m0/s1. The normalized spacial score (nSPS) is 21.9. The monoisotopic (exact) mass is 425 g/mol. The van der Waals surface area contributed by atoms with Crippen molar-refractivity contribution in [3.05, 3.63) is 39.9 Å². The first-order chi connectivity index (χ1) is 15.3. The van der Waals surface area contributed by atoms with Crippen molar-refractivity contribution >= 4 is 10.9 Å². The molecule has 2 atom stereocenters. The maximum absolute atomic E-state index is 13.2. The Bertz CT molecular complexity index is 1160. The highest BCUT2D eigenvalue weighted by Gasteiger charge is 2.36. The molecule has 0 saturated carbocycles. The number of H-pyrrole nitrogens is 1. The molecule has 0 radical (unpaired) electrons. The molecule has 0 spiro atoms. The number of quaternary nitrogens is 1. The first-order valence-corrected chi connectivity index (χ1v) is 10.9. The zero-order valence-electron chi connectivity index (χ0n) is 17.2. The first kappa shape index (κ1) is 18.8. The van der Waals surface area contributed by atoms with Gasteiger partial charge in [0.2, 0.25) is 12.6 Å². The summed E-state index contributed by atoms with van der Waals surface area (Å²) >= 11 is 0. The number of tetrazole rings is 1. The number of hydrogen-bond acceptors (Lipinski definition) is 7. The van der Waals surface area contributed by atoms with E-state index in [2.05, 4.69) is 20.5 Å². The van der Waals surface area contributed by atoms with E-state index < -0.39 is 0 Å². The molecule has 0 amide bonds. The molecule has 6 rings (SSSR count). The van der Waals surface area contributed by atoms with Crippen LogP contribution in [0.1, 0.15) is 43.1 Å². The van der Waals surface area contributed by atoms with Gasteiger partial charge in [-0.05, 0) is 35.4 Å². The second-order valence-corrected chi connectivity index (χ2v) is 8.50. The van der Waals surface area contributed by atoms with Gasteiger partial charge < -0.3 is 24.1 Å². The van der Waals surface area contributed by atoms with E-state index in [1.54, 1.807) is 0 Å². The highest BCUT2D eigenvalue weighted by Crippen LogP contribution is 2.35. The van der Waals surface area contributed by atoms with Crippen LogP contribution in [0, 0.1) is 0 Å². The Kier molecular flexibility index (Phi) is 4.61. The summed E-state index contributed by atoms with van der Waals surface area (Å²) in [6, 6.07) is 5.46. The van der Waals surface area contributed by atoms with E-state index in [0.29, 0.717) is 23.6 Å². The Hall–Kier alpha value is -2.98. The smallest absolute Gasteiger partial charge is 0.258 e. The Balaban J connectivity index is 1.45. The third-order valence-electron chi connectivity index (χ3n) is 6.55. The molecule has 10 nitrogen and oxygen atoms in total. The van der Waals surface area contributed by atoms with E-state index in [0.717, 1.165) is 62.1 Å². The molecular formula is C21H25N6O4+. The Morgan fingerprint density at radius 1 is 1.16 bits per heavy atom. The number of likely N-dealkylation sites (tertiary alicyclic amines) is 1. The van der Waals surface area contributed by atoms with Crippen molar-refractivity contribution < 1.29 is 19.1 Å². The second kappa shape index (κ2) is 7.61. The third kappa shape index (κ3) is 3.35. The van der Waals surface area contributed by atoms with E-state index in [1.165, 1.54) is 4.90 Å². The minimum atomic E-state index is -0.238. The van der Waals surface area contributed by atoms with Gasteiger partial charge in [0.15, 0.2) is 17.5 Å². The number of rotatable bonds is 5. The summed E-state index contributed by atoms with van der Waals surface area (Å²) in [5, 5.41) is 13.5. The number of pyridine rings is 1. The third-order valence-corrected chi connectivity index (χ3v) is 6.55. The molecule has 3 aliphatic rings. The molecule has 2 aromatic heterocycles. The van der Waals surface area contributed by atoms with Crippen molar-refractivity contribution in [1.29, 1.82) is 0 Å². The van der Waals surface area contributed by atoms with Gasteiger partial charge in [-0.3, -0.25) is 4.79 Å². The van der Waals surface area contributed by atoms with Crippen molar-refractivity contribution in [2.45, 2.75) is 44.4 Å². The lowest BCUT2D eigenvalue weighted by Crippen LogP contribution is -3.10. The van der Waals surface area contributed by atoms with Crippen molar-refractivity contribution in [2.24, 2.45) is 0 Å². The topological polar surface area (TPSA) is 109 Å². The van der Waals surface area contributed by atoms with Gasteiger partial charge in [0.1, 0.15) is 0 Å². The molecule has 0 aliphatic carbocycles. The van der Waals surface area contributed by atoms with E-state index in [-0.39, 0.29) is 24.5 Å². The summed E-state index contributed by atoms with van der Waals surface area (Å²) in [6.45, 7) is 3.55. The Morgan fingerprint density at radius 2 is 2.00 bits per heavy atom. The van der Waals surface area contributed by atoms with Gasteiger partial charge in [-0.25, -0.2) is 4.68 Å². The summed E-state index contributed by atoms with van der Waals surface area (Å²) in [6.07, 6.45) is 4.44. The highest BCUT2D eigenvalue weighted by atomic mass is 16.7. The molecule has 162 valence electrons. The van der Waals surface area contributed by atoms with Gasteiger partial charge in [0.05, 0.1) is 36.8 Å². The summed E-state index contributed by atoms with van der Waals surface area (Å²) < 4.78 is 18.6. The van der Waals surface area contributed by atoms with Gasteiger partial charge in [0, 0.05) is 30.9 Å². The molecule has 3 aromatic rings. The van der Waals surface area contributed by atoms with E-state index in [9.17, 15) is 4.79 Å².